The first-order valence-corrected chi connectivity index (χ1v) is 13.9. The van der Waals surface area contributed by atoms with E-state index in [1.54, 1.807) is 29.6 Å². The van der Waals surface area contributed by atoms with Gasteiger partial charge in [-0.05, 0) is 43.0 Å². The predicted octanol–water partition coefficient (Wildman–Crippen LogP) is 7.04. The average molecular weight is 561 g/mol. The molecular weight excluding hydrogens is 529 g/mol. The van der Waals surface area contributed by atoms with Crippen LogP contribution in [0.5, 0.6) is 5.75 Å². The maximum atomic E-state index is 13.0. The lowest BCUT2D eigenvalue weighted by atomic mass is 9.98. The number of hydrogen-bond donors (Lipinski definition) is 2. The Labute approximate surface area is 229 Å². The maximum absolute atomic E-state index is 13.0. The van der Waals surface area contributed by atoms with Gasteiger partial charge in [-0.3, -0.25) is 4.79 Å². The first-order valence-electron chi connectivity index (χ1n) is 13.0. The van der Waals surface area contributed by atoms with E-state index in [0.29, 0.717) is 42.1 Å². The monoisotopic (exact) mass is 560 g/mol. The molecule has 0 aliphatic carbocycles. The van der Waals surface area contributed by atoms with E-state index in [0.717, 1.165) is 37.1 Å². The van der Waals surface area contributed by atoms with Crippen molar-refractivity contribution in [1.82, 2.24) is 15.2 Å². The molecule has 208 valence electrons. The number of amides is 3. The Morgan fingerprint density at radius 1 is 1.08 bits per heavy atom. The van der Waals surface area contributed by atoms with Crippen LogP contribution in [0.25, 0.3) is 11.1 Å². The van der Waals surface area contributed by atoms with Crippen LogP contribution >= 0.6 is 11.3 Å². The summed E-state index contributed by atoms with van der Waals surface area (Å²) in [6.07, 6.45) is -0.00131. The molecule has 0 unspecified atom stereocenters. The molecule has 11 heteroatoms. The van der Waals surface area contributed by atoms with Gasteiger partial charge in [0.2, 0.25) is 0 Å². The summed E-state index contributed by atoms with van der Waals surface area (Å²) in [6, 6.07) is 12.5. The molecule has 1 aliphatic heterocycles. The number of hydrogen-bond acceptors (Lipinski definition) is 5. The number of alkyl halides is 3. The summed E-state index contributed by atoms with van der Waals surface area (Å²) in [6.45, 7) is 4.11. The normalized spacial score (nSPS) is 14.2. The van der Waals surface area contributed by atoms with Gasteiger partial charge in [-0.25, -0.2) is 9.78 Å². The second kappa shape index (κ2) is 13.0. The number of para-hydroxylation sites is 1. The Balaban J connectivity index is 1.35. The fraction of sp³-hybridized carbons (Fsp3) is 0.393. The first kappa shape index (κ1) is 28.4. The summed E-state index contributed by atoms with van der Waals surface area (Å²) in [5.74, 6) is -0.502. The third-order valence-corrected chi connectivity index (χ3v) is 7.52. The summed E-state index contributed by atoms with van der Waals surface area (Å²) in [7, 11) is 0. The van der Waals surface area contributed by atoms with E-state index < -0.39 is 6.36 Å². The van der Waals surface area contributed by atoms with Gasteiger partial charge in [0.25, 0.3) is 5.91 Å². The van der Waals surface area contributed by atoms with Crippen molar-refractivity contribution in [3.63, 3.8) is 0 Å². The molecule has 0 spiro atoms. The number of aromatic nitrogens is 1. The molecule has 3 amide bonds. The van der Waals surface area contributed by atoms with Crippen molar-refractivity contribution >= 4 is 29.0 Å². The molecule has 0 atom stereocenters. The molecule has 1 saturated heterocycles. The van der Waals surface area contributed by atoms with Crippen LogP contribution in [0.4, 0.5) is 23.7 Å². The van der Waals surface area contributed by atoms with Crippen molar-refractivity contribution in [2.24, 2.45) is 0 Å². The average Bonchev–Trinajstić information content (AvgIpc) is 3.42. The van der Waals surface area contributed by atoms with Gasteiger partial charge in [0.05, 0.1) is 5.01 Å². The SMILES string of the molecule is CCCCCNC(=O)N1CCC(c2nc(C(=O)Nc3ccccc3-c3ccc(OC(F)(F)F)cc3)cs2)CC1. The molecule has 2 heterocycles. The van der Waals surface area contributed by atoms with Crippen molar-refractivity contribution in [3.8, 4) is 16.9 Å². The van der Waals surface area contributed by atoms with Gasteiger partial charge in [0, 0.05) is 42.2 Å². The number of carbonyl (C=O) groups excluding carboxylic acids is 2. The van der Waals surface area contributed by atoms with Gasteiger partial charge in [0.1, 0.15) is 11.4 Å². The molecule has 7 nitrogen and oxygen atoms in total. The number of anilines is 1. The number of unbranched alkanes of at least 4 members (excludes halogenated alkanes) is 2. The highest BCUT2D eigenvalue weighted by molar-refractivity contribution is 7.10. The van der Waals surface area contributed by atoms with Crippen LogP contribution in [-0.2, 0) is 0 Å². The molecule has 1 aromatic heterocycles. The van der Waals surface area contributed by atoms with E-state index in [9.17, 15) is 22.8 Å². The summed E-state index contributed by atoms with van der Waals surface area (Å²) in [4.78, 5) is 31.8. The Morgan fingerprint density at radius 2 is 1.79 bits per heavy atom. The van der Waals surface area contributed by atoms with Crippen LogP contribution in [0.3, 0.4) is 0 Å². The van der Waals surface area contributed by atoms with E-state index in [1.165, 1.54) is 35.6 Å². The number of urea groups is 1. The number of carbonyl (C=O) groups is 2. The van der Waals surface area contributed by atoms with Crippen molar-refractivity contribution in [3.05, 3.63) is 64.6 Å². The number of thiazole rings is 1. The summed E-state index contributed by atoms with van der Waals surface area (Å²) in [5.41, 5.74) is 2.09. The Bertz CT molecular complexity index is 1260. The fourth-order valence-electron chi connectivity index (χ4n) is 4.46. The van der Waals surface area contributed by atoms with E-state index in [4.69, 9.17) is 0 Å². The lowest BCUT2D eigenvalue weighted by molar-refractivity contribution is -0.274. The van der Waals surface area contributed by atoms with Crippen molar-refractivity contribution in [2.45, 2.75) is 51.3 Å². The number of ether oxygens (including phenoxy) is 1. The van der Waals surface area contributed by atoms with Crippen LogP contribution < -0.4 is 15.4 Å². The molecule has 3 aromatic rings. The molecular formula is C28H31F3N4O3S. The molecule has 4 rings (SSSR count). The van der Waals surface area contributed by atoms with E-state index in [-0.39, 0.29) is 23.6 Å². The summed E-state index contributed by atoms with van der Waals surface area (Å²) < 4.78 is 41.4. The maximum Gasteiger partial charge on any atom is 0.573 e. The zero-order valence-electron chi connectivity index (χ0n) is 21.6. The number of likely N-dealkylation sites (tertiary alicyclic amines) is 1. The number of benzene rings is 2. The number of piperidine rings is 1. The second-order valence-corrected chi connectivity index (χ2v) is 10.2. The van der Waals surface area contributed by atoms with Gasteiger partial charge in [-0.15, -0.1) is 24.5 Å². The van der Waals surface area contributed by atoms with Crippen molar-refractivity contribution in [1.29, 1.82) is 0 Å². The van der Waals surface area contributed by atoms with Crippen LogP contribution in [0.2, 0.25) is 0 Å². The minimum atomic E-state index is -4.76. The summed E-state index contributed by atoms with van der Waals surface area (Å²) in [5, 5.41) is 8.46. The molecule has 1 aliphatic rings. The number of halogens is 3. The van der Waals surface area contributed by atoms with Crippen molar-refractivity contribution < 1.29 is 27.5 Å². The molecule has 2 N–H and O–H groups in total. The van der Waals surface area contributed by atoms with E-state index in [1.807, 2.05) is 4.90 Å². The third-order valence-electron chi connectivity index (χ3n) is 6.52. The van der Waals surface area contributed by atoms with E-state index in [2.05, 4.69) is 27.3 Å². The van der Waals surface area contributed by atoms with Gasteiger partial charge < -0.3 is 20.3 Å². The van der Waals surface area contributed by atoms with Gasteiger partial charge in [-0.1, -0.05) is 50.1 Å². The lowest BCUT2D eigenvalue weighted by Gasteiger charge is -2.31. The van der Waals surface area contributed by atoms with Crippen LogP contribution in [0, 0.1) is 0 Å². The Kier molecular flexibility index (Phi) is 9.45. The van der Waals surface area contributed by atoms with E-state index >= 15 is 0 Å². The first-order chi connectivity index (χ1) is 18.7. The van der Waals surface area contributed by atoms with Crippen molar-refractivity contribution in [2.75, 3.05) is 25.0 Å². The second-order valence-electron chi connectivity index (χ2n) is 9.34. The number of nitrogens with one attached hydrogen (secondary N) is 2. The van der Waals surface area contributed by atoms with Gasteiger partial charge in [0.15, 0.2) is 0 Å². The molecule has 0 saturated carbocycles. The lowest BCUT2D eigenvalue weighted by Crippen LogP contribution is -2.44. The highest BCUT2D eigenvalue weighted by Crippen LogP contribution is 2.33. The van der Waals surface area contributed by atoms with Crippen LogP contribution in [-0.4, -0.2) is 47.8 Å². The molecule has 0 bridgehead atoms. The summed E-state index contributed by atoms with van der Waals surface area (Å²) >= 11 is 1.43. The number of rotatable bonds is 9. The molecule has 39 heavy (non-hydrogen) atoms. The molecule has 1 fully saturated rings. The predicted molar refractivity (Wildman–Crippen MR) is 145 cm³/mol. The van der Waals surface area contributed by atoms with Gasteiger partial charge in [-0.2, -0.15) is 0 Å². The number of nitrogens with zero attached hydrogens (tertiary/aromatic N) is 2. The topological polar surface area (TPSA) is 83.6 Å². The fourth-order valence-corrected chi connectivity index (χ4v) is 5.43. The smallest absolute Gasteiger partial charge is 0.406 e. The highest BCUT2D eigenvalue weighted by atomic mass is 32.1. The largest absolute Gasteiger partial charge is 0.573 e. The minimum Gasteiger partial charge on any atom is -0.406 e. The Morgan fingerprint density at radius 3 is 2.49 bits per heavy atom. The minimum absolute atomic E-state index is 0.0232. The van der Waals surface area contributed by atoms with Gasteiger partial charge >= 0.3 is 12.4 Å². The van der Waals surface area contributed by atoms with Crippen LogP contribution in [0.15, 0.2) is 53.9 Å². The zero-order chi connectivity index (χ0) is 27.8. The quantitative estimate of drug-likeness (QED) is 0.275. The third kappa shape index (κ3) is 7.95. The highest BCUT2D eigenvalue weighted by Gasteiger charge is 2.31. The Hall–Kier alpha value is -3.60. The molecule has 0 radical (unpaired) electrons. The standard InChI is InChI=1S/C28H31F3N4O3S/c1-2-3-6-15-32-27(37)35-16-13-20(14-17-35)26-34-24(18-39-26)25(36)33-23-8-5-4-7-22(23)19-9-11-21(12-10-19)38-28(29,30)31/h4-5,7-12,18,20H,2-3,6,13-17H2,1H3,(H,32,37)(H,33,36). The van der Waals surface area contributed by atoms with Crippen LogP contribution in [0.1, 0.15) is 60.4 Å². The zero-order valence-corrected chi connectivity index (χ0v) is 22.4. The molecule has 2 aromatic carbocycles.